The zero-order valence-electron chi connectivity index (χ0n) is 22.8. The van der Waals surface area contributed by atoms with E-state index >= 15 is 0 Å². The third-order valence-electron chi connectivity index (χ3n) is 9.01. The van der Waals surface area contributed by atoms with Gasteiger partial charge in [-0.2, -0.15) is 0 Å². The van der Waals surface area contributed by atoms with Crippen LogP contribution in [0.3, 0.4) is 0 Å². The van der Waals surface area contributed by atoms with Gasteiger partial charge in [0.1, 0.15) is 22.8 Å². The molecule has 0 spiro atoms. The molecule has 0 radical (unpaired) electrons. The summed E-state index contributed by atoms with van der Waals surface area (Å²) in [5, 5.41) is 45.6. The second kappa shape index (κ2) is 9.38. The molecule has 6 N–H and O–H groups in total. The van der Waals surface area contributed by atoms with Gasteiger partial charge in [0.15, 0.2) is 11.4 Å². The monoisotopic (exact) mass is 539 g/mol. The molecule has 1 unspecified atom stereocenters. The van der Waals surface area contributed by atoms with E-state index in [0.717, 1.165) is 24.4 Å². The number of fused-ring (bicyclic) bond motifs is 3. The molecular weight excluding hydrogens is 502 g/mol. The number of aliphatic hydroxyl groups is 3. The van der Waals surface area contributed by atoms with Crippen molar-refractivity contribution in [3.05, 3.63) is 39.7 Å². The van der Waals surface area contributed by atoms with Gasteiger partial charge in [0.2, 0.25) is 5.78 Å². The minimum Gasteiger partial charge on any atom is -0.508 e. The lowest BCUT2D eigenvalue weighted by Gasteiger charge is -2.50. The molecule has 2 saturated carbocycles. The van der Waals surface area contributed by atoms with Gasteiger partial charge < -0.3 is 31.1 Å². The number of nitrogens with zero attached hydrogens (tertiary/aromatic N) is 2. The average molecular weight is 540 g/mol. The summed E-state index contributed by atoms with van der Waals surface area (Å²) in [6.45, 7) is 0. The molecule has 1 amide bonds. The Morgan fingerprint density at radius 3 is 2.36 bits per heavy atom. The second-order valence-electron chi connectivity index (χ2n) is 11.9. The maximum absolute atomic E-state index is 14.0. The molecule has 39 heavy (non-hydrogen) atoms. The van der Waals surface area contributed by atoms with E-state index in [1.165, 1.54) is 17.7 Å². The minimum absolute atomic E-state index is 0.0720. The number of Topliss-reactive ketones (excluding diaryl/α,β-unsaturated/α-hetero) is 2. The number of primary amides is 1. The van der Waals surface area contributed by atoms with Gasteiger partial charge in [-0.25, -0.2) is 0 Å². The number of hydrogen-bond acceptors (Lipinski definition) is 9. The predicted molar refractivity (Wildman–Crippen MR) is 144 cm³/mol. The van der Waals surface area contributed by atoms with Crippen LogP contribution in [0.5, 0.6) is 5.75 Å². The van der Waals surface area contributed by atoms with Crippen LogP contribution in [0.25, 0.3) is 5.76 Å². The lowest BCUT2D eigenvalue weighted by molar-refractivity contribution is -0.153. The maximum atomic E-state index is 14.0. The molecule has 0 saturated heterocycles. The fourth-order valence-corrected chi connectivity index (χ4v) is 6.92. The second-order valence-corrected chi connectivity index (χ2v) is 11.9. The Morgan fingerprint density at radius 2 is 1.79 bits per heavy atom. The van der Waals surface area contributed by atoms with E-state index in [2.05, 4.69) is 0 Å². The van der Waals surface area contributed by atoms with Crippen LogP contribution in [0.2, 0.25) is 0 Å². The highest BCUT2D eigenvalue weighted by Crippen LogP contribution is 2.54. The van der Waals surface area contributed by atoms with Gasteiger partial charge in [-0.1, -0.05) is 19.3 Å². The predicted octanol–water partition coefficient (Wildman–Crippen LogP) is 1.76. The molecule has 0 heterocycles. The van der Waals surface area contributed by atoms with Gasteiger partial charge >= 0.3 is 0 Å². The van der Waals surface area contributed by atoms with Crippen molar-refractivity contribution in [1.29, 1.82) is 0 Å². The van der Waals surface area contributed by atoms with E-state index in [1.807, 2.05) is 25.1 Å². The fraction of sp³-hybridized carbons (Fsp3) is 0.552. The molecule has 1 aromatic rings. The van der Waals surface area contributed by atoms with E-state index < -0.39 is 58.0 Å². The lowest BCUT2D eigenvalue weighted by Crippen LogP contribution is -2.65. The number of amides is 1. The first-order valence-corrected chi connectivity index (χ1v) is 13.5. The Hall–Kier alpha value is -3.37. The molecule has 0 aliphatic heterocycles. The summed E-state index contributed by atoms with van der Waals surface area (Å²) in [5.74, 6) is -5.57. The molecule has 4 aliphatic carbocycles. The number of aromatic hydroxyl groups is 1. The number of ketones is 2. The van der Waals surface area contributed by atoms with Crippen molar-refractivity contribution in [3.63, 3.8) is 0 Å². The highest BCUT2D eigenvalue weighted by molar-refractivity contribution is 6.24. The van der Waals surface area contributed by atoms with E-state index in [9.17, 15) is 34.8 Å². The SMILES string of the molecule is CN(C)c1cc(CCCC2CC2)c(O)c2c1C[C@H]1C[C@@H]3C(N(C)C)C(=O)C(C(N)=O)=C(O)[C@@]3(O)C(=O)C1=C2O. The zero-order chi connectivity index (χ0) is 28.5. The van der Waals surface area contributed by atoms with E-state index in [-0.39, 0.29) is 29.7 Å². The van der Waals surface area contributed by atoms with Crippen LogP contribution in [-0.4, -0.2) is 82.6 Å². The number of anilines is 1. The number of aliphatic hydroxyl groups excluding tert-OH is 2. The van der Waals surface area contributed by atoms with Crippen molar-refractivity contribution < 1.29 is 34.8 Å². The van der Waals surface area contributed by atoms with Gasteiger partial charge in [0.05, 0.1) is 11.6 Å². The van der Waals surface area contributed by atoms with Crippen LogP contribution >= 0.6 is 0 Å². The Morgan fingerprint density at radius 1 is 1.13 bits per heavy atom. The van der Waals surface area contributed by atoms with E-state index in [0.29, 0.717) is 17.5 Å². The molecule has 5 rings (SSSR count). The van der Waals surface area contributed by atoms with Gasteiger partial charge in [-0.05, 0) is 68.8 Å². The van der Waals surface area contributed by atoms with Crippen molar-refractivity contribution in [1.82, 2.24) is 4.90 Å². The molecule has 4 aliphatic rings. The molecule has 10 nitrogen and oxygen atoms in total. The van der Waals surface area contributed by atoms with Crippen LogP contribution in [0, 0.1) is 17.8 Å². The highest BCUT2D eigenvalue weighted by atomic mass is 16.3. The maximum Gasteiger partial charge on any atom is 0.255 e. The minimum atomic E-state index is -2.63. The number of carbonyl (C=O) groups excluding carboxylic acids is 3. The number of rotatable bonds is 7. The Labute approximate surface area is 227 Å². The highest BCUT2D eigenvalue weighted by Gasteiger charge is 2.64. The molecule has 0 aromatic heterocycles. The molecular formula is C29H37N3O7. The van der Waals surface area contributed by atoms with Gasteiger partial charge in [-0.3, -0.25) is 19.3 Å². The van der Waals surface area contributed by atoms with Crippen LogP contribution < -0.4 is 10.6 Å². The summed E-state index contributed by atoms with van der Waals surface area (Å²) in [7, 11) is 6.91. The quantitative estimate of drug-likeness (QED) is 0.325. The number of carbonyl (C=O) groups is 3. The fourth-order valence-electron chi connectivity index (χ4n) is 6.92. The molecule has 2 fully saturated rings. The van der Waals surface area contributed by atoms with Gasteiger partial charge in [-0.15, -0.1) is 0 Å². The Balaban J connectivity index is 1.67. The first-order valence-electron chi connectivity index (χ1n) is 13.5. The van der Waals surface area contributed by atoms with Gasteiger partial charge in [0.25, 0.3) is 5.91 Å². The number of hydrogen-bond donors (Lipinski definition) is 5. The molecule has 0 bridgehead atoms. The number of likely N-dealkylation sites (N-methyl/N-ethyl adjacent to an activating group) is 1. The number of phenols is 1. The number of aryl methyl sites for hydroxylation is 1. The van der Waals surface area contributed by atoms with Crippen molar-refractivity contribution in [3.8, 4) is 5.75 Å². The number of nitrogens with two attached hydrogens (primary N) is 1. The third-order valence-corrected chi connectivity index (χ3v) is 9.01. The zero-order valence-corrected chi connectivity index (χ0v) is 22.8. The number of benzene rings is 1. The first-order chi connectivity index (χ1) is 18.3. The standard InChI is InChI=1S/C29H37N3O7/c1-31(2)18-12-14(7-5-6-13-8-9-13)23(33)20-16(18)10-15-11-17-22(32(3)4)25(35)21(28(30)38)27(37)29(17,39)26(36)19(15)24(20)34/h12-13,15,17,22,33-34,37,39H,5-11H2,1-4H3,(H2,30,38)/t15-,17+,22?,29-/m0/s1. The topological polar surface area (TPSA) is 165 Å². The number of phenolic OH excluding ortho intramolecular Hbond substituents is 1. The summed E-state index contributed by atoms with van der Waals surface area (Å²) < 4.78 is 0. The molecule has 210 valence electrons. The van der Waals surface area contributed by atoms with Crippen molar-refractivity contribution in [2.45, 2.75) is 56.6 Å². The average Bonchev–Trinajstić information content (AvgIpc) is 3.66. The van der Waals surface area contributed by atoms with Crippen molar-refractivity contribution in [2.75, 3.05) is 33.1 Å². The first kappa shape index (κ1) is 27.2. The Kier molecular flexibility index (Phi) is 6.54. The molecule has 10 heteroatoms. The van der Waals surface area contributed by atoms with Crippen LogP contribution in [0.4, 0.5) is 5.69 Å². The van der Waals surface area contributed by atoms with Crippen molar-refractivity contribution in [2.24, 2.45) is 23.5 Å². The van der Waals surface area contributed by atoms with E-state index in [1.54, 1.807) is 14.1 Å². The lowest BCUT2D eigenvalue weighted by atomic mass is 9.57. The molecule has 4 atom stereocenters. The van der Waals surface area contributed by atoms with Crippen molar-refractivity contribution >= 4 is 28.9 Å². The summed E-state index contributed by atoms with van der Waals surface area (Å²) in [6, 6.07) is 0.832. The summed E-state index contributed by atoms with van der Waals surface area (Å²) in [4.78, 5) is 42.8. The smallest absolute Gasteiger partial charge is 0.255 e. The normalized spacial score (nSPS) is 28.4. The van der Waals surface area contributed by atoms with Gasteiger partial charge in [0, 0.05) is 31.3 Å². The third kappa shape index (κ3) is 4.03. The summed E-state index contributed by atoms with van der Waals surface area (Å²) >= 11 is 0. The Bertz CT molecular complexity index is 1340. The largest absolute Gasteiger partial charge is 0.508 e. The van der Waals surface area contributed by atoms with E-state index in [4.69, 9.17) is 5.73 Å². The van der Waals surface area contributed by atoms with Crippen LogP contribution in [0.15, 0.2) is 23.0 Å². The molecule has 1 aromatic carbocycles. The summed E-state index contributed by atoms with van der Waals surface area (Å²) in [6.07, 6.45) is 5.38. The van der Waals surface area contributed by atoms with Crippen LogP contribution in [-0.2, 0) is 27.2 Å². The van der Waals surface area contributed by atoms with Crippen LogP contribution in [0.1, 0.15) is 48.8 Å². The summed E-state index contributed by atoms with van der Waals surface area (Å²) in [5.41, 5.74) is 4.12.